The third-order valence-corrected chi connectivity index (χ3v) is 2.84. The van der Waals surface area contributed by atoms with Gasteiger partial charge in [-0.25, -0.2) is 4.79 Å². The summed E-state index contributed by atoms with van der Waals surface area (Å²) in [7, 11) is 0. The van der Waals surface area contributed by atoms with E-state index in [1.54, 1.807) is 12.1 Å². The van der Waals surface area contributed by atoms with E-state index < -0.39 is 17.9 Å². The molecule has 0 heterocycles. The van der Waals surface area contributed by atoms with Crippen LogP contribution in [0.25, 0.3) is 0 Å². The lowest BCUT2D eigenvalue weighted by Crippen LogP contribution is -2.08. The van der Waals surface area contributed by atoms with Gasteiger partial charge in [-0.15, -0.1) is 0 Å². The first kappa shape index (κ1) is 15.9. The quantitative estimate of drug-likeness (QED) is 0.777. The maximum Gasteiger partial charge on any atom is 0.508 e. The van der Waals surface area contributed by atoms with Crippen LogP contribution in [-0.2, 0) is 28.9 Å². The second-order valence-electron chi connectivity index (χ2n) is 4.51. The Labute approximate surface area is 125 Å². The Balaban J connectivity index is 1.79. The topological polar surface area (TPSA) is 35.5 Å². The van der Waals surface area contributed by atoms with E-state index in [0.29, 0.717) is 5.56 Å². The second kappa shape index (κ2) is 6.98. The Morgan fingerprint density at radius 2 is 1.32 bits per heavy atom. The number of alkyl halides is 3. The molecule has 2 rings (SSSR count). The summed E-state index contributed by atoms with van der Waals surface area (Å²) < 4.78 is 46.9. The molecule has 0 amide bonds. The second-order valence-corrected chi connectivity index (χ2v) is 4.51. The van der Waals surface area contributed by atoms with Crippen molar-refractivity contribution >= 4 is 6.16 Å². The molecule has 0 saturated carbocycles. The summed E-state index contributed by atoms with van der Waals surface area (Å²) in [5, 5.41) is 0. The fourth-order valence-corrected chi connectivity index (χ4v) is 1.69. The molecule has 0 aliphatic carbocycles. The summed E-state index contributed by atoms with van der Waals surface area (Å²) in [6.07, 6.45) is -5.25. The van der Waals surface area contributed by atoms with Crippen LogP contribution in [0.3, 0.4) is 0 Å². The summed E-state index contributed by atoms with van der Waals surface area (Å²) >= 11 is 0. The molecule has 6 heteroatoms. The highest BCUT2D eigenvalue weighted by atomic mass is 19.4. The van der Waals surface area contributed by atoms with Crippen molar-refractivity contribution in [3.8, 4) is 0 Å². The molecule has 0 N–H and O–H groups in total. The van der Waals surface area contributed by atoms with E-state index in [2.05, 4.69) is 0 Å². The molecule has 3 nitrogen and oxygen atoms in total. The summed E-state index contributed by atoms with van der Waals surface area (Å²) in [5.41, 5.74) is 0.515. The lowest BCUT2D eigenvalue weighted by molar-refractivity contribution is -0.137. The van der Waals surface area contributed by atoms with Crippen LogP contribution >= 0.6 is 0 Å². The van der Waals surface area contributed by atoms with Gasteiger partial charge in [-0.3, -0.25) is 0 Å². The van der Waals surface area contributed by atoms with Crippen molar-refractivity contribution in [1.29, 1.82) is 0 Å². The van der Waals surface area contributed by atoms with Crippen molar-refractivity contribution in [3.63, 3.8) is 0 Å². The first-order valence-corrected chi connectivity index (χ1v) is 6.45. The smallest absolute Gasteiger partial charge is 0.429 e. The van der Waals surface area contributed by atoms with Crippen molar-refractivity contribution in [2.45, 2.75) is 19.4 Å². The molecule has 0 radical (unpaired) electrons. The standard InChI is InChI=1S/C16H13F3O3/c17-16(18,19)14-8-6-13(7-9-14)11-22-15(20)21-10-12-4-2-1-3-5-12/h1-9H,10-11H2. The Hall–Kier alpha value is -2.50. The SMILES string of the molecule is O=C(OCc1ccccc1)OCc1ccc(C(F)(F)F)cc1. The maximum atomic E-state index is 12.4. The van der Waals surface area contributed by atoms with Crippen LogP contribution in [0, 0.1) is 0 Å². The zero-order valence-electron chi connectivity index (χ0n) is 11.5. The van der Waals surface area contributed by atoms with E-state index in [1.807, 2.05) is 18.2 Å². The van der Waals surface area contributed by atoms with E-state index in [1.165, 1.54) is 12.1 Å². The normalized spacial score (nSPS) is 11.0. The molecule has 0 aliphatic rings. The van der Waals surface area contributed by atoms with Gasteiger partial charge in [-0.05, 0) is 23.3 Å². The van der Waals surface area contributed by atoms with Gasteiger partial charge in [0.05, 0.1) is 5.56 Å². The fourth-order valence-electron chi connectivity index (χ4n) is 1.69. The first-order valence-electron chi connectivity index (χ1n) is 6.45. The average molecular weight is 310 g/mol. The minimum atomic E-state index is -4.38. The molecule has 22 heavy (non-hydrogen) atoms. The average Bonchev–Trinajstić information content (AvgIpc) is 2.51. The molecule has 0 bridgehead atoms. The van der Waals surface area contributed by atoms with Crippen LogP contribution in [0.1, 0.15) is 16.7 Å². The predicted octanol–water partition coefficient (Wildman–Crippen LogP) is 4.56. The highest BCUT2D eigenvalue weighted by Crippen LogP contribution is 2.29. The minimum absolute atomic E-state index is 0.0761. The predicted molar refractivity (Wildman–Crippen MR) is 72.9 cm³/mol. The molecule has 0 fully saturated rings. The minimum Gasteiger partial charge on any atom is -0.429 e. The van der Waals surface area contributed by atoms with Gasteiger partial charge in [0.15, 0.2) is 0 Å². The zero-order chi connectivity index (χ0) is 16.0. The molecule has 2 aromatic rings. The number of carbonyl (C=O) groups is 1. The van der Waals surface area contributed by atoms with Gasteiger partial charge < -0.3 is 9.47 Å². The highest BCUT2D eigenvalue weighted by Gasteiger charge is 2.29. The number of carbonyl (C=O) groups excluding carboxylic acids is 1. The Morgan fingerprint density at radius 1 is 0.818 bits per heavy atom. The van der Waals surface area contributed by atoms with Crippen molar-refractivity contribution in [1.82, 2.24) is 0 Å². The van der Waals surface area contributed by atoms with Gasteiger partial charge >= 0.3 is 12.3 Å². The number of hydrogen-bond acceptors (Lipinski definition) is 3. The largest absolute Gasteiger partial charge is 0.508 e. The third-order valence-electron chi connectivity index (χ3n) is 2.84. The van der Waals surface area contributed by atoms with Crippen molar-refractivity contribution < 1.29 is 27.4 Å². The van der Waals surface area contributed by atoms with Gasteiger partial charge in [0.25, 0.3) is 0 Å². The lowest BCUT2D eigenvalue weighted by atomic mass is 10.1. The number of benzene rings is 2. The molecule has 2 aromatic carbocycles. The summed E-state index contributed by atoms with van der Waals surface area (Å²) in [6, 6.07) is 13.4. The molecular formula is C16H13F3O3. The number of halogens is 3. The van der Waals surface area contributed by atoms with Crippen molar-refractivity contribution in [3.05, 3.63) is 71.3 Å². The molecule has 0 spiro atoms. The molecule has 116 valence electrons. The molecule has 0 aliphatic heterocycles. The Kier molecular flexibility index (Phi) is 5.04. The van der Waals surface area contributed by atoms with Gasteiger partial charge in [0.2, 0.25) is 0 Å². The Bertz CT molecular complexity index is 607. The molecule has 0 aromatic heterocycles. The highest BCUT2D eigenvalue weighted by molar-refractivity contribution is 5.59. The van der Waals surface area contributed by atoms with Crippen LogP contribution in [0.5, 0.6) is 0 Å². The monoisotopic (exact) mass is 310 g/mol. The summed E-state index contributed by atoms with van der Waals surface area (Å²) in [6.45, 7) is -0.0710. The van der Waals surface area contributed by atoms with E-state index in [-0.39, 0.29) is 13.2 Å². The van der Waals surface area contributed by atoms with E-state index in [4.69, 9.17) is 9.47 Å². The summed E-state index contributed by atoms with van der Waals surface area (Å²) in [4.78, 5) is 11.4. The van der Waals surface area contributed by atoms with E-state index in [0.717, 1.165) is 17.7 Å². The van der Waals surface area contributed by atoms with Crippen LogP contribution in [0.15, 0.2) is 54.6 Å². The van der Waals surface area contributed by atoms with E-state index in [9.17, 15) is 18.0 Å². The Morgan fingerprint density at radius 3 is 1.82 bits per heavy atom. The van der Waals surface area contributed by atoms with Crippen LogP contribution in [0.4, 0.5) is 18.0 Å². The molecule has 0 saturated heterocycles. The van der Waals surface area contributed by atoms with Crippen molar-refractivity contribution in [2.75, 3.05) is 0 Å². The van der Waals surface area contributed by atoms with Crippen LogP contribution in [-0.4, -0.2) is 6.16 Å². The first-order chi connectivity index (χ1) is 10.4. The van der Waals surface area contributed by atoms with Crippen molar-refractivity contribution in [2.24, 2.45) is 0 Å². The van der Waals surface area contributed by atoms with Gasteiger partial charge in [-0.1, -0.05) is 42.5 Å². The number of rotatable bonds is 4. The van der Waals surface area contributed by atoms with Gasteiger partial charge in [0.1, 0.15) is 13.2 Å². The van der Waals surface area contributed by atoms with Crippen LogP contribution < -0.4 is 0 Å². The number of hydrogen-bond donors (Lipinski definition) is 0. The van der Waals surface area contributed by atoms with E-state index >= 15 is 0 Å². The van der Waals surface area contributed by atoms with Crippen LogP contribution in [0.2, 0.25) is 0 Å². The molecule has 0 atom stereocenters. The lowest BCUT2D eigenvalue weighted by Gasteiger charge is -2.08. The molecular weight excluding hydrogens is 297 g/mol. The fraction of sp³-hybridized carbons (Fsp3) is 0.188. The third kappa shape index (κ3) is 4.80. The maximum absolute atomic E-state index is 12.4. The molecule has 0 unspecified atom stereocenters. The van der Waals surface area contributed by atoms with Gasteiger partial charge in [-0.2, -0.15) is 13.2 Å². The number of ether oxygens (including phenoxy) is 2. The zero-order valence-corrected chi connectivity index (χ0v) is 11.5. The summed E-state index contributed by atoms with van der Waals surface area (Å²) in [5.74, 6) is 0. The van der Waals surface area contributed by atoms with Gasteiger partial charge in [0, 0.05) is 0 Å².